The van der Waals surface area contributed by atoms with Gasteiger partial charge in [0.2, 0.25) is 0 Å². The van der Waals surface area contributed by atoms with E-state index in [4.69, 9.17) is 0 Å². The molecule has 0 atom stereocenters. The number of aliphatic hydroxyl groups is 1. The number of aliphatic hydroxyl groups excluding tert-OH is 1. The number of rotatable bonds is 4. The van der Waals surface area contributed by atoms with Gasteiger partial charge in [-0.1, -0.05) is 0 Å². The van der Waals surface area contributed by atoms with Gasteiger partial charge in [-0.05, 0) is 31.2 Å². The van der Waals surface area contributed by atoms with Crippen LogP contribution < -0.4 is 4.90 Å². The molecule has 0 heterocycles. The molecule has 0 bridgehead atoms. The van der Waals surface area contributed by atoms with Gasteiger partial charge in [0.1, 0.15) is 5.76 Å². The van der Waals surface area contributed by atoms with Crippen LogP contribution in [0.15, 0.2) is 46.0 Å². The van der Waals surface area contributed by atoms with Crippen molar-refractivity contribution in [2.75, 3.05) is 19.0 Å². The smallest absolute Gasteiger partial charge is 0.183 e. The van der Waals surface area contributed by atoms with Crippen molar-refractivity contribution in [2.24, 2.45) is 10.2 Å². The Bertz CT molecular complexity index is 483. The van der Waals surface area contributed by atoms with E-state index in [1.54, 1.807) is 12.1 Å². The van der Waals surface area contributed by atoms with Gasteiger partial charge in [0, 0.05) is 26.7 Å². The second-order valence-corrected chi connectivity index (χ2v) is 4.10. The summed E-state index contributed by atoms with van der Waals surface area (Å²) in [5, 5.41) is 17.0. The van der Waals surface area contributed by atoms with Gasteiger partial charge < -0.3 is 10.0 Å². The fraction of sp³-hybridized carbons (Fsp3) is 0.308. The summed E-state index contributed by atoms with van der Waals surface area (Å²) < 4.78 is 0. The van der Waals surface area contributed by atoms with Crippen LogP contribution >= 0.6 is 0 Å². The van der Waals surface area contributed by atoms with Crippen LogP contribution in [-0.4, -0.2) is 25.0 Å². The number of carbonyl (C=O) groups is 1. The van der Waals surface area contributed by atoms with E-state index in [0.29, 0.717) is 5.69 Å². The van der Waals surface area contributed by atoms with Crippen LogP contribution in [0, 0.1) is 0 Å². The summed E-state index contributed by atoms with van der Waals surface area (Å²) in [7, 11) is 3.89. The molecule has 96 valence electrons. The maximum atomic E-state index is 11.2. The number of benzene rings is 1. The maximum Gasteiger partial charge on any atom is 0.183 e. The monoisotopic (exact) mass is 247 g/mol. The first kappa shape index (κ1) is 13.9. The molecular weight excluding hydrogens is 230 g/mol. The Morgan fingerprint density at radius 1 is 1.17 bits per heavy atom. The highest BCUT2D eigenvalue weighted by atomic mass is 16.3. The van der Waals surface area contributed by atoms with Crippen molar-refractivity contribution in [1.82, 2.24) is 0 Å². The Balaban J connectivity index is 2.91. The number of ketones is 1. The lowest BCUT2D eigenvalue weighted by Gasteiger charge is -2.11. The van der Waals surface area contributed by atoms with Gasteiger partial charge in [-0.25, -0.2) is 0 Å². The molecule has 5 heteroatoms. The van der Waals surface area contributed by atoms with E-state index in [-0.39, 0.29) is 17.2 Å². The van der Waals surface area contributed by atoms with E-state index in [1.165, 1.54) is 13.8 Å². The number of Topliss-reactive ketones (excluding diaryl/α,β-unsaturated/α-hetero) is 1. The minimum atomic E-state index is -0.316. The van der Waals surface area contributed by atoms with Crippen molar-refractivity contribution in [1.29, 1.82) is 0 Å². The van der Waals surface area contributed by atoms with Crippen LogP contribution in [0.25, 0.3) is 0 Å². The molecule has 0 aliphatic heterocycles. The Kier molecular flexibility index (Phi) is 4.59. The Labute approximate surface area is 106 Å². The van der Waals surface area contributed by atoms with Crippen LogP contribution in [0.1, 0.15) is 13.8 Å². The van der Waals surface area contributed by atoms with Crippen LogP contribution in [0.2, 0.25) is 0 Å². The van der Waals surface area contributed by atoms with E-state index in [9.17, 15) is 9.90 Å². The number of carbonyl (C=O) groups excluding carboxylic acids is 1. The second-order valence-electron chi connectivity index (χ2n) is 4.10. The van der Waals surface area contributed by atoms with Gasteiger partial charge in [0.25, 0.3) is 0 Å². The van der Waals surface area contributed by atoms with Crippen molar-refractivity contribution in [3.05, 3.63) is 35.7 Å². The first-order valence-corrected chi connectivity index (χ1v) is 5.51. The fourth-order valence-corrected chi connectivity index (χ4v) is 1.32. The molecule has 0 aliphatic carbocycles. The van der Waals surface area contributed by atoms with E-state index in [0.717, 1.165) is 5.69 Å². The highest BCUT2D eigenvalue weighted by molar-refractivity contribution is 5.93. The molecule has 0 spiro atoms. The standard InChI is InChI=1S/C13H17N3O2/c1-9(17)13(10(2)18)15-14-11-5-7-12(8-6-11)16(3)4/h5-8,17H,1-4H3/b13-9-,15-14?. The van der Waals surface area contributed by atoms with E-state index < -0.39 is 0 Å². The molecule has 0 saturated heterocycles. The van der Waals surface area contributed by atoms with Gasteiger partial charge >= 0.3 is 0 Å². The fourth-order valence-electron chi connectivity index (χ4n) is 1.32. The number of nitrogens with zero attached hydrogens (tertiary/aromatic N) is 3. The van der Waals surface area contributed by atoms with Crippen molar-refractivity contribution < 1.29 is 9.90 Å². The predicted octanol–water partition coefficient (Wildman–Crippen LogP) is 3.21. The van der Waals surface area contributed by atoms with E-state index in [2.05, 4.69) is 10.2 Å². The number of hydrogen-bond acceptors (Lipinski definition) is 5. The number of allylic oxidation sites excluding steroid dienone is 2. The van der Waals surface area contributed by atoms with Crippen LogP contribution in [0.3, 0.4) is 0 Å². The Morgan fingerprint density at radius 3 is 2.11 bits per heavy atom. The number of hydrogen-bond donors (Lipinski definition) is 1. The summed E-state index contributed by atoms with van der Waals surface area (Å²) in [4.78, 5) is 13.1. The highest BCUT2D eigenvalue weighted by Gasteiger charge is 2.06. The SMILES string of the molecule is CC(=O)/C(N=Nc1ccc(N(C)C)cc1)=C(\C)O. The zero-order valence-corrected chi connectivity index (χ0v) is 11.0. The third kappa shape index (κ3) is 3.69. The first-order valence-electron chi connectivity index (χ1n) is 5.51. The zero-order valence-electron chi connectivity index (χ0n) is 11.0. The summed E-state index contributed by atoms with van der Waals surface area (Å²) >= 11 is 0. The number of anilines is 1. The average Bonchev–Trinajstić information content (AvgIpc) is 2.28. The van der Waals surface area contributed by atoms with Crippen molar-refractivity contribution in [3.63, 3.8) is 0 Å². The normalized spacial score (nSPS) is 12.4. The van der Waals surface area contributed by atoms with E-state index in [1.807, 2.05) is 31.1 Å². The third-order valence-corrected chi connectivity index (χ3v) is 2.31. The van der Waals surface area contributed by atoms with Crippen LogP contribution in [-0.2, 0) is 4.79 Å². The summed E-state index contributed by atoms with van der Waals surface area (Å²) in [5.74, 6) is -0.445. The largest absolute Gasteiger partial charge is 0.510 e. The molecule has 0 fully saturated rings. The van der Waals surface area contributed by atoms with Gasteiger partial charge in [-0.15, -0.1) is 5.11 Å². The molecule has 0 amide bonds. The minimum absolute atomic E-state index is 0.0216. The Hall–Kier alpha value is -2.17. The summed E-state index contributed by atoms with van der Waals surface area (Å²) in [6.45, 7) is 2.74. The highest BCUT2D eigenvalue weighted by Crippen LogP contribution is 2.19. The molecule has 5 nitrogen and oxygen atoms in total. The van der Waals surface area contributed by atoms with Crippen molar-refractivity contribution in [2.45, 2.75) is 13.8 Å². The summed E-state index contributed by atoms with van der Waals surface area (Å²) in [6, 6.07) is 7.39. The molecule has 0 saturated carbocycles. The minimum Gasteiger partial charge on any atom is -0.510 e. The van der Waals surface area contributed by atoms with Crippen molar-refractivity contribution in [3.8, 4) is 0 Å². The summed E-state index contributed by atoms with van der Waals surface area (Å²) in [5.41, 5.74) is 1.65. The lowest BCUT2D eigenvalue weighted by molar-refractivity contribution is -0.113. The summed E-state index contributed by atoms with van der Waals surface area (Å²) in [6.07, 6.45) is 0. The zero-order chi connectivity index (χ0) is 13.7. The quantitative estimate of drug-likeness (QED) is 0.504. The molecule has 1 aromatic rings. The van der Waals surface area contributed by atoms with Crippen LogP contribution in [0.4, 0.5) is 11.4 Å². The van der Waals surface area contributed by atoms with Gasteiger partial charge in [0.05, 0.1) is 5.69 Å². The topological polar surface area (TPSA) is 65.3 Å². The molecule has 1 aromatic carbocycles. The van der Waals surface area contributed by atoms with Gasteiger partial charge in [-0.2, -0.15) is 5.11 Å². The molecule has 0 aromatic heterocycles. The lowest BCUT2D eigenvalue weighted by Crippen LogP contribution is -2.07. The van der Waals surface area contributed by atoms with Gasteiger partial charge in [-0.3, -0.25) is 4.79 Å². The predicted molar refractivity (Wildman–Crippen MR) is 71.3 cm³/mol. The van der Waals surface area contributed by atoms with E-state index >= 15 is 0 Å². The van der Waals surface area contributed by atoms with Crippen LogP contribution in [0.5, 0.6) is 0 Å². The molecule has 1 N–H and O–H groups in total. The molecule has 0 aliphatic rings. The molecule has 1 rings (SSSR count). The molecule has 0 radical (unpaired) electrons. The first-order chi connectivity index (χ1) is 8.41. The number of azo groups is 1. The molecular formula is C13H17N3O2. The Morgan fingerprint density at radius 2 is 1.72 bits per heavy atom. The maximum absolute atomic E-state index is 11.2. The third-order valence-electron chi connectivity index (χ3n) is 2.31. The van der Waals surface area contributed by atoms with Crippen molar-refractivity contribution >= 4 is 17.2 Å². The van der Waals surface area contributed by atoms with Gasteiger partial charge in [0.15, 0.2) is 11.5 Å². The molecule has 0 unspecified atom stereocenters. The average molecular weight is 247 g/mol. The molecule has 18 heavy (non-hydrogen) atoms. The lowest BCUT2D eigenvalue weighted by atomic mass is 10.3. The second kappa shape index (κ2) is 5.95.